The van der Waals surface area contributed by atoms with Crippen molar-refractivity contribution in [2.75, 3.05) is 34.0 Å². The minimum absolute atomic E-state index is 0.0335. The molecule has 4 rings (SSSR count). The summed E-state index contributed by atoms with van der Waals surface area (Å²) >= 11 is 6.82. The Morgan fingerprint density at radius 3 is 2.26 bits per heavy atom. The Hall–Kier alpha value is -3.86. The molecule has 47 heavy (non-hydrogen) atoms. The van der Waals surface area contributed by atoms with Gasteiger partial charge < -0.3 is 35.3 Å². The number of methoxy groups -OCH3 is 2. The largest absolute Gasteiger partial charge is 0.495 e. The Labute approximate surface area is 281 Å². The van der Waals surface area contributed by atoms with Gasteiger partial charge in [-0.25, -0.2) is 9.18 Å². The summed E-state index contributed by atoms with van der Waals surface area (Å²) in [6.07, 6.45) is 3.00. The van der Waals surface area contributed by atoms with Crippen LogP contribution in [0.25, 0.3) is 11.1 Å². The summed E-state index contributed by atoms with van der Waals surface area (Å²) in [5, 5.41) is 6.86. The highest BCUT2D eigenvalue weighted by Crippen LogP contribution is 2.43. The molecule has 3 aromatic rings. The molecule has 3 aromatic carbocycles. The van der Waals surface area contributed by atoms with E-state index in [-0.39, 0.29) is 58.7 Å². The van der Waals surface area contributed by atoms with Crippen molar-refractivity contribution in [2.24, 2.45) is 5.73 Å². The maximum Gasteiger partial charge on any atom is 0.407 e. The lowest BCUT2D eigenvalue weighted by Crippen LogP contribution is -2.44. The van der Waals surface area contributed by atoms with Crippen molar-refractivity contribution in [3.63, 3.8) is 0 Å². The molecule has 0 bridgehead atoms. The number of hydrogen-bond donors (Lipinski definition) is 3. The first-order valence-electron chi connectivity index (χ1n) is 15.8. The van der Waals surface area contributed by atoms with Gasteiger partial charge in [-0.05, 0) is 81.8 Å². The molecule has 0 radical (unpaired) electrons. The number of halogens is 2. The van der Waals surface area contributed by atoms with Crippen molar-refractivity contribution in [3.8, 4) is 22.6 Å². The highest BCUT2D eigenvalue weighted by molar-refractivity contribution is 6.35. The van der Waals surface area contributed by atoms with Crippen LogP contribution in [0.3, 0.4) is 0 Å². The van der Waals surface area contributed by atoms with Crippen molar-refractivity contribution >= 4 is 23.6 Å². The van der Waals surface area contributed by atoms with Crippen LogP contribution in [0, 0.1) is 5.82 Å². The molecule has 1 unspecified atom stereocenters. The summed E-state index contributed by atoms with van der Waals surface area (Å²) in [4.78, 5) is 24.8. The molecule has 0 spiro atoms. The van der Waals surface area contributed by atoms with Gasteiger partial charge in [-0.1, -0.05) is 41.9 Å². The van der Waals surface area contributed by atoms with Crippen LogP contribution in [0.5, 0.6) is 11.5 Å². The van der Waals surface area contributed by atoms with E-state index in [1.165, 1.54) is 26.4 Å². The molecular weight excluding hydrogens is 625 g/mol. The predicted octanol–water partition coefficient (Wildman–Crippen LogP) is 6.84. The zero-order chi connectivity index (χ0) is 34.1. The number of hydrogen-bond acceptors (Lipinski definition) is 7. The summed E-state index contributed by atoms with van der Waals surface area (Å²) in [6, 6.07) is 16.7. The van der Waals surface area contributed by atoms with Gasteiger partial charge in [0.15, 0.2) is 11.6 Å². The van der Waals surface area contributed by atoms with Crippen molar-refractivity contribution < 1.29 is 32.9 Å². The number of carbonyl (C=O) groups excluding carboxylic acids is 2. The van der Waals surface area contributed by atoms with Gasteiger partial charge in [0, 0.05) is 42.8 Å². The van der Waals surface area contributed by atoms with Gasteiger partial charge in [0.05, 0.1) is 24.3 Å². The SMILES string of the molecule is COCCOc1ccc(C(N)=O)c(-c2cc(C(CNC3CCC(NC(=O)OC(C)(C)C)CC3)c3ccccc3)cc(OC)c2Cl)c1F. The van der Waals surface area contributed by atoms with Crippen LogP contribution in [0.4, 0.5) is 9.18 Å². The molecule has 1 aliphatic rings. The van der Waals surface area contributed by atoms with Crippen LogP contribution in [0.15, 0.2) is 54.6 Å². The van der Waals surface area contributed by atoms with Crippen molar-refractivity contribution in [1.82, 2.24) is 10.6 Å². The van der Waals surface area contributed by atoms with Crippen LogP contribution >= 0.6 is 11.6 Å². The topological polar surface area (TPSA) is 121 Å². The highest BCUT2D eigenvalue weighted by Gasteiger charge is 2.28. The number of rotatable bonds is 13. The number of ether oxygens (including phenoxy) is 4. The first-order valence-corrected chi connectivity index (χ1v) is 16.2. The van der Waals surface area contributed by atoms with Gasteiger partial charge in [-0.3, -0.25) is 4.79 Å². The first-order chi connectivity index (χ1) is 22.4. The molecular formula is C36H45ClFN3O6. The molecule has 9 nitrogen and oxygen atoms in total. The lowest BCUT2D eigenvalue weighted by molar-refractivity contribution is 0.0489. The van der Waals surface area contributed by atoms with E-state index in [0.717, 1.165) is 36.8 Å². The minimum Gasteiger partial charge on any atom is -0.495 e. The molecule has 254 valence electrons. The van der Waals surface area contributed by atoms with E-state index in [9.17, 15) is 9.59 Å². The van der Waals surface area contributed by atoms with Crippen LogP contribution in [0.2, 0.25) is 5.02 Å². The number of primary amides is 1. The normalized spacial score (nSPS) is 17.1. The van der Waals surface area contributed by atoms with Gasteiger partial charge in [0.25, 0.3) is 0 Å². The van der Waals surface area contributed by atoms with E-state index in [0.29, 0.717) is 12.3 Å². The average Bonchev–Trinajstić information content (AvgIpc) is 3.03. The van der Waals surface area contributed by atoms with Gasteiger partial charge >= 0.3 is 6.09 Å². The van der Waals surface area contributed by atoms with E-state index in [2.05, 4.69) is 10.6 Å². The summed E-state index contributed by atoms with van der Waals surface area (Å²) in [5.41, 5.74) is 7.17. The third-order valence-electron chi connectivity index (χ3n) is 8.13. The fourth-order valence-corrected chi connectivity index (χ4v) is 6.12. The second kappa shape index (κ2) is 16.3. The molecule has 2 amide bonds. The summed E-state index contributed by atoms with van der Waals surface area (Å²) < 4.78 is 37.9. The van der Waals surface area contributed by atoms with E-state index in [1.807, 2.05) is 57.2 Å². The Bertz CT molecular complexity index is 1520. The molecule has 1 saturated carbocycles. The maximum atomic E-state index is 16.1. The number of nitrogens with two attached hydrogens (primary N) is 1. The van der Waals surface area contributed by atoms with E-state index < -0.39 is 23.4 Å². The minimum atomic E-state index is -0.805. The molecule has 0 aromatic heterocycles. The third kappa shape index (κ3) is 9.59. The average molecular weight is 670 g/mol. The van der Waals surface area contributed by atoms with Crippen LogP contribution in [-0.2, 0) is 9.47 Å². The number of nitrogens with one attached hydrogen (secondary N) is 2. The molecule has 1 fully saturated rings. The molecule has 1 aliphatic carbocycles. The lowest BCUT2D eigenvalue weighted by Gasteiger charge is -2.32. The van der Waals surface area contributed by atoms with E-state index in [1.54, 1.807) is 6.07 Å². The maximum absolute atomic E-state index is 16.1. The Morgan fingerprint density at radius 1 is 0.957 bits per heavy atom. The molecule has 11 heteroatoms. The standard InChI is InChI=1S/C36H45ClFN3O6/c1-36(2,3)47-35(43)41-25-13-11-24(12-14-25)40-21-28(22-9-7-6-8-10-22)23-19-27(32(37)30(20-23)45-5)31-26(34(39)42)15-16-29(33(31)38)46-18-17-44-4/h6-10,15-16,19-20,24-25,28,40H,11-14,17-18,21H2,1-5H3,(H2,39,42)(H,41,43). The lowest BCUT2D eigenvalue weighted by atomic mass is 9.86. The van der Waals surface area contributed by atoms with Gasteiger partial charge in [0.2, 0.25) is 5.91 Å². The fourth-order valence-electron chi connectivity index (χ4n) is 5.84. The zero-order valence-electron chi connectivity index (χ0n) is 27.7. The summed E-state index contributed by atoms with van der Waals surface area (Å²) in [7, 11) is 3.01. The van der Waals surface area contributed by atoms with Crippen LogP contribution in [0.1, 0.15) is 73.9 Å². The van der Waals surface area contributed by atoms with E-state index in [4.69, 9.17) is 36.3 Å². The van der Waals surface area contributed by atoms with Crippen LogP contribution in [-0.4, -0.2) is 63.7 Å². The second-order valence-corrected chi connectivity index (χ2v) is 13.0. The Morgan fingerprint density at radius 2 is 1.64 bits per heavy atom. The van der Waals surface area contributed by atoms with Crippen molar-refractivity contribution in [2.45, 2.75) is 70.1 Å². The second-order valence-electron chi connectivity index (χ2n) is 12.7. The zero-order valence-corrected chi connectivity index (χ0v) is 28.4. The first kappa shape index (κ1) is 36.0. The summed E-state index contributed by atoms with van der Waals surface area (Å²) in [6.45, 7) is 6.47. The third-order valence-corrected chi connectivity index (χ3v) is 8.52. The monoisotopic (exact) mass is 669 g/mol. The van der Waals surface area contributed by atoms with Gasteiger partial charge in [-0.2, -0.15) is 0 Å². The molecule has 0 aliphatic heterocycles. The number of carbonyl (C=O) groups is 2. The highest BCUT2D eigenvalue weighted by atomic mass is 35.5. The Balaban J connectivity index is 1.64. The summed E-state index contributed by atoms with van der Waals surface area (Å²) in [5.74, 6) is -1.47. The molecule has 4 N–H and O–H groups in total. The number of benzene rings is 3. The predicted molar refractivity (Wildman–Crippen MR) is 181 cm³/mol. The van der Waals surface area contributed by atoms with Crippen molar-refractivity contribution in [3.05, 3.63) is 82.1 Å². The van der Waals surface area contributed by atoms with Crippen molar-refractivity contribution in [1.29, 1.82) is 0 Å². The van der Waals surface area contributed by atoms with Crippen LogP contribution < -0.4 is 25.8 Å². The van der Waals surface area contributed by atoms with E-state index >= 15 is 4.39 Å². The van der Waals surface area contributed by atoms with Gasteiger partial charge in [0.1, 0.15) is 18.0 Å². The molecule has 0 heterocycles. The Kier molecular flexibility index (Phi) is 12.5. The quantitative estimate of drug-likeness (QED) is 0.171. The molecule has 1 atom stereocenters. The fraction of sp³-hybridized carbons (Fsp3) is 0.444. The smallest absolute Gasteiger partial charge is 0.407 e. The number of alkyl carbamates (subject to hydrolysis) is 1. The van der Waals surface area contributed by atoms with Gasteiger partial charge in [-0.15, -0.1) is 0 Å². The number of amides is 2. The molecule has 0 saturated heterocycles.